The smallest absolute Gasteiger partial charge is 0.338 e. The maximum absolute atomic E-state index is 13.3. The fourth-order valence-corrected chi connectivity index (χ4v) is 1.55. The maximum atomic E-state index is 13.3. The molecule has 1 aromatic carbocycles. The van der Waals surface area contributed by atoms with Gasteiger partial charge in [0.25, 0.3) is 0 Å². The summed E-state index contributed by atoms with van der Waals surface area (Å²) in [5.74, 6) is -1.50. The topological polar surface area (TPSA) is 69.2 Å². The van der Waals surface area contributed by atoms with Crippen LogP contribution in [-0.2, 0) is 0 Å². The van der Waals surface area contributed by atoms with E-state index in [4.69, 9.17) is 0 Å². The molecular formula is C12H8F2N2O3. The van der Waals surface area contributed by atoms with E-state index in [-0.39, 0.29) is 22.7 Å². The minimum Gasteiger partial charge on any atom is -0.354 e. The summed E-state index contributed by atoms with van der Waals surface area (Å²) >= 11 is 0. The third-order valence-corrected chi connectivity index (χ3v) is 2.45. The first kappa shape index (κ1) is 12.9. The van der Waals surface area contributed by atoms with Crippen LogP contribution in [0, 0.1) is 28.7 Å². The van der Waals surface area contributed by atoms with Crippen LogP contribution in [0.5, 0.6) is 0 Å². The van der Waals surface area contributed by atoms with Gasteiger partial charge in [0.15, 0.2) is 5.69 Å². The minimum absolute atomic E-state index is 0.0265. The van der Waals surface area contributed by atoms with Crippen molar-refractivity contribution in [2.45, 2.75) is 6.92 Å². The number of rotatable bonds is 3. The van der Waals surface area contributed by atoms with Gasteiger partial charge in [-0.1, -0.05) is 11.2 Å². The summed E-state index contributed by atoms with van der Waals surface area (Å²) < 4.78 is 31.4. The van der Waals surface area contributed by atoms with E-state index in [0.29, 0.717) is 0 Å². The quantitative estimate of drug-likeness (QED) is 0.631. The Hall–Kier alpha value is -2.57. The Kier molecular flexibility index (Phi) is 3.37. The molecule has 0 amide bonds. The molecule has 1 heterocycles. The molecule has 0 aliphatic rings. The minimum atomic E-state index is -0.765. The number of halogens is 2. The predicted octanol–water partition coefficient (Wildman–Crippen LogP) is 3.34. The van der Waals surface area contributed by atoms with Crippen molar-refractivity contribution in [1.82, 2.24) is 5.16 Å². The number of hydrogen-bond acceptors (Lipinski definition) is 4. The first-order chi connectivity index (χ1) is 9.00. The molecule has 0 N–H and O–H groups in total. The molecule has 19 heavy (non-hydrogen) atoms. The number of hydrogen-bond donors (Lipinski definition) is 0. The summed E-state index contributed by atoms with van der Waals surface area (Å²) in [7, 11) is 0. The highest BCUT2D eigenvalue weighted by molar-refractivity contribution is 5.72. The second kappa shape index (κ2) is 4.97. The van der Waals surface area contributed by atoms with Crippen molar-refractivity contribution in [3.63, 3.8) is 0 Å². The second-order valence-corrected chi connectivity index (χ2v) is 3.70. The van der Waals surface area contributed by atoms with Crippen molar-refractivity contribution in [2.75, 3.05) is 0 Å². The molecule has 98 valence electrons. The summed E-state index contributed by atoms with van der Waals surface area (Å²) in [5.41, 5.74) is -0.712. The summed E-state index contributed by atoms with van der Waals surface area (Å²) in [6.07, 6.45) is 2.21. The number of nitrogens with zero attached hydrogens (tertiary/aromatic N) is 2. The molecule has 0 saturated heterocycles. The van der Waals surface area contributed by atoms with Crippen molar-refractivity contribution in [3.05, 3.63) is 57.0 Å². The summed E-state index contributed by atoms with van der Waals surface area (Å²) in [6, 6.07) is 3.40. The lowest BCUT2D eigenvalue weighted by atomic mass is 10.1. The zero-order chi connectivity index (χ0) is 14.0. The van der Waals surface area contributed by atoms with E-state index in [1.54, 1.807) is 0 Å². The summed E-state index contributed by atoms with van der Waals surface area (Å²) in [5, 5.41) is 14.2. The zero-order valence-corrected chi connectivity index (χ0v) is 9.76. The van der Waals surface area contributed by atoms with Crippen molar-refractivity contribution < 1.29 is 18.2 Å². The normalized spacial score (nSPS) is 11.1. The molecule has 2 rings (SSSR count). The van der Waals surface area contributed by atoms with Crippen LogP contribution in [0.2, 0.25) is 0 Å². The van der Waals surface area contributed by atoms with Gasteiger partial charge in [-0.05, 0) is 24.3 Å². The maximum Gasteiger partial charge on any atom is 0.338 e. The number of aromatic nitrogens is 1. The Morgan fingerprint density at radius 3 is 2.53 bits per heavy atom. The Balaban J connectivity index is 2.41. The zero-order valence-electron chi connectivity index (χ0n) is 9.76. The van der Waals surface area contributed by atoms with E-state index in [9.17, 15) is 18.9 Å². The lowest BCUT2D eigenvalue weighted by Gasteiger charge is -1.97. The fraction of sp³-hybridized carbons (Fsp3) is 0.0833. The molecule has 0 aliphatic heterocycles. The van der Waals surface area contributed by atoms with Crippen LogP contribution in [-0.4, -0.2) is 10.1 Å². The average molecular weight is 266 g/mol. The lowest BCUT2D eigenvalue weighted by Crippen LogP contribution is -1.91. The Morgan fingerprint density at radius 2 is 1.95 bits per heavy atom. The highest BCUT2D eigenvalue weighted by Gasteiger charge is 2.22. The highest BCUT2D eigenvalue weighted by Crippen LogP contribution is 2.25. The van der Waals surface area contributed by atoms with Crippen molar-refractivity contribution in [2.24, 2.45) is 0 Å². The van der Waals surface area contributed by atoms with Gasteiger partial charge < -0.3 is 4.52 Å². The van der Waals surface area contributed by atoms with E-state index in [1.165, 1.54) is 13.0 Å². The molecule has 0 bridgehead atoms. The van der Waals surface area contributed by atoms with E-state index >= 15 is 0 Å². The third kappa shape index (κ3) is 2.49. The van der Waals surface area contributed by atoms with E-state index in [1.807, 2.05) is 0 Å². The number of benzene rings is 1. The second-order valence-electron chi connectivity index (χ2n) is 3.70. The van der Waals surface area contributed by atoms with Crippen LogP contribution < -0.4 is 0 Å². The molecule has 0 spiro atoms. The molecule has 5 nitrogen and oxygen atoms in total. The summed E-state index contributed by atoms with van der Waals surface area (Å²) in [6.45, 7) is 1.38. The molecule has 0 fully saturated rings. The molecule has 0 radical (unpaired) electrons. The standard InChI is InChI=1S/C12H8F2N2O3/c1-7-12(16(17)18)11(15-19-7)6-5-8-9(13)3-2-4-10(8)14/h2-6H,1H3/b6-5+. The number of aryl methyl sites for hydroxylation is 1. The molecular weight excluding hydrogens is 258 g/mol. The SMILES string of the molecule is Cc1onc(/C=C/c2c(F)cccc2F)c1[N+](=O)[O-]. The first-order valence-corrected chi connectivity index (χ1v) is 5.23. The monoisotopic (exact) mass is 266 g/mol. The van der Waals surface area contributed by atoms with Gasteiger partial charge in [0.2, 0.25) is 5.76 Å². The third-order valence-electron chi connectivity index (χ3n) is 2.45. The molecule has 0 unspecified atom stereocenters. The van der Waals surface area contributed by atoms with Crippen molar-refractivity contribution in [3.8, 4) is 0 Å². The van der Waals surface area contributed by atoms with Gasteiger partial charge in [0, 0.05) is 12.5 Å². The molecule has 7 heteroatoms. The first-order valence-electron chi connectivity index (χ1n) is 5.23. The Bertz CT molecular complexity index is 645. The van der Waals surface area contributed by atoms with Gasteiger partial charge in [0.1, 0.15) is 11.6 Å². The molecule has 0 aliphatic carbocycles. The molecule has 1 aromatic heterocycles. The van der Waals surface area contributed by atoms with Crippen LogP contribution in [0.25, 0.3) is 12.2 Å². The predicted molar refractivity (Wildman–Crippen MR) is 63.2 cm³/mol. The largest absolute Gasteiger partial charge is 0.354 e. The average Bonchev–Trinajstić information content (AvgIpc) is 2.70. The van der Waals surface area contributed by atoms with Crippen LogP contribution in [0.15, 0.2) is 22.7 Å². The van der Waals surface area contributed by atoms with Crippen molar-refractivity contribution in [1.29, 1.82) is 0 Å². The van der Waals surface area contributed by atoms with E-state index in [2.05, 4.69) is 9.68 Å². The highest BCUT2D eigenvalue weighted by atomic mass is 19.1. The fourth-order valence-electron chi connectivity index (χ4n) is 1.55. The van der Waals surface area contributed by atoms with Crippen molar-refractivity contribution >= 4 is 17.8 Å². The van der Waals surface area contributed by atoms with Crippen LogP contribution >= 0.6 is 0 Å². The summed E-state index contributed by atoms with van der Waals surface area (Å²) in [4.78, 5) is 10.1. The Labute approximate surface area is 106 Å². The van der Waals surface area contributed by atoms with Gasteiger partial charge in [0.05, 0.1) is 4.92 Å². The molecule has 0 saturated carbocycles. The number of nitro groups is 1. The van der Waals surface area contributed by atoms with Gasteiger partial charge in [-0.15, -0.1) is 0 Å². The van der Waals surface area contributed by atoms with E-state index < -0.39 is 16.6 Å². The van der Waals surface area contributed by atoms with Gasteiger partial charge >= 0.3 is 5.69 Å². The van der Waals surface area contributed by atoms with Crippen LogP contribution in [0.4, 0.5) is 14.5 Å². The lowest BCUT2D eigenvalue weighted by molar-refractivity contribution is -0.386. The van der Waals surface area contributed by atoms with E-state index in [0.717, 1.165) is 24.3 Å². The van der Waals surface area contributed by atoms with Crippen LogP contribution in [0.1, 0.15) is 17.0 Å². The molecule has 2 aromatic rings. The van der Waals surface area contributed by atoms with Gasteiger partial charge in [-0.25, -0.2) is 8.78 Å². The molecule has 0 atom stereocenters. The van der Waals surface area contributed by atoms with Gasteiger partial charge in [-0.3, -0.25) is 10.1 Å². The van der Waals surface area contributed by atoms with Gasteiger partial charge in [-0.2, -0.15) is 0 Å². The van der Waals surface area contributed by atoms with Crippen LogP contribution in [0.3, 0.4) is 0 Å². The Morgan fingerprint density at radius 1 is 1.32 bits per heavy atom.